The first kappa shape index (κ1) is 16.1. The Balaban J connectivity index is 1.31. The van der Waals surface area contributed by atoms with Gasteiger partial charge in [-0.2, -0.15) is 0 Å². The lowest BCUT2D eigenvalue weighted by atomic mass is 10.0. The fourth-order valence-corrected chi connectivity index (χ4v) is 3.92. The van der Waals surface area contributed by atoms with Crippen molar-refractivity contribution in [3.63, 3.8) is 0 Å². The van der Waals surface area contributed by atoms with Gasteiger partial charge in [-0.05, 0) is 37.8 Å². The van der Waals surface area contributed by atoms with Crippen molar-refractivity contribution in [2.45, 2.75) is 43.9 Å². The van der Waals surface area contributed by atoms with E-state index in [2.05, 4.69) is 30.7 Å². The quantitative estimate of drug-likeness (QED) is 0.715. The molecule has 2 bridgehead atoms. The summed E-state index contributed by atoms with van der Waals surface area (Å²) in [5.74, 6) is 0.831. The number of phenols is 1. The lowest BCUT2D eigenvalue weighted by Gasteiger charge is -2.28. The molecule has 2 atom stereocenters. The minimum absolute atomic E-state index is 0.0617. The molecular weight excluding hydrogens is 346 g/mol. The monoisotopic (exact) mass is 365 g/mol. The first-order valence-electron chi connectivity index (χ1n) is 9.05. The van der Waals surface area contributed by atoms with Gasteiger partial charge in [0.25, 0.3) is 5.88 Å². The van der Waals surface area contributed by atoms with Crippen LogP contribution in [0.15, 0.2) is 37.1 Å². The Bertz CT molecular complexity index is 917. The van der Waals surface area contributed by atoms with E-state index in [-0.39, 0.29) is 11.9 Å². The van der Waals surface area contributed by atoms with Gasteiger partial charge in [0.2, 0.25) is 0 Å². The Morgan fingerprint density at radius 3 is 2.52 bits per heavy atom. The molecule has 4 heterocycles. The molecule has 5 rings (SSSR count). The van der Waals surface area contributed by atoms with Crippen molar-refractivity contribution in [3.05, 3.63) is 37.1 Å². The van der Waals surface area contributed by atoms with Gasteiger partial charge in [0.1, 0.15) is 24.5 Å². The second-order valence-corrected chi connectivity index (χ2v) is 7.04. The van der Waals surface area contributed by atoms with Crippen LogP contribution >= 0.6 is 0 Å². The summed E-state index contributed by atoms with van der Waals surface area (Å²) in [5, 5.41) is 29.7. The third kappa shape index (κ3) is 3.21. The predicted octanol–water partition coefficient (Wildman–Crippen LogP) is 1.49. The van der Waals surface area contributed by atoms with Crippen LogP contribution in [0.1, 0.15) is 25.7 Å². The van der Waals surface area contributed by atoms with E-state index in [9.17, 15) is 5.11 Å². The van der Waals surface area contributed by atoms with Crippen LogP contribution < -0.4 is 10.1 Å². The fraction of sp³-hybridized carbons (Fsp3) is 0.389. The lowest BCUT2D eigenvalue weighted by Crippen LogP contribution is -2.42. The summed E-state index contributed by atoms with van der Waals surface area (Å²) in [6, 6.07) is 6.28. The molecule has 0 radical (unpaired) electrons. The Morgan fingerprint density at radius 2 is 1.85 bits per heavy atom. The average molecular weight is 365 g/mol. The van der Waals surface area contributed by atoms with E-state index < -0.39 is 0 Å². The van der Waals surface area contributed by atoms with Gasteiger partial charge in [-0.15, -0.1) is 20.4 Å². The van der Waals surface area contributed by atoms with Crippen LogP contribution in [0.2, 0.25) is 0 Å². The maximum absolute atomic E-state index is 10.3. The van der Waals surface area contributed by atoms with Gasteiger partial charge < -0.3 is 15.2 Å². The topological polar surface area (TPSA) is 111 Å². The molecule has 9 nitrogen and oxygen atoms in total. The molecule has 0 amide bonds. The maximum Gasteiger partial charge on any atom is 0.252 e. The number of phenolic OH excluding ortho intramolecular Hbond substituents is 1. The Labute approximate surface area is 155 Å². The second-order valence-electron chi connectivity index (χ2n) is 7.04. The summed E-state index contributed by atoms with van der Waals surface area (Å²) in [7, 11) is 0. The lowest BCUT2D eigenvalue weighted by molar-refractivity contribution is 0.130. The minimum atomic E-state index is 0.0617. The summed E-state index contributed by atoms with van der Waals surface area (Å²) in [6.45, 7) is 0. The van der Waals surface area contributed by atoms with E-state index in [1.165, 1.54) is 12.8 Å². The highest BCUT2D eigenvalue weighted by molar-refractivity contribution is 5.65. The van der Waals surface area contributed by atoms with E-state index >= 15 is 0 Å². The van der Waals surface area contributed by atoms with Crippen LogP contribution in [-0.2, 0) is 0 Å². The van der Waals surface area contributed by atoms with Gasteiger partial charge in [-0.25, -0.2) is 4.98 Å². The number of benzene rings is 1. The van der Waals surface area contributed by atoms with Crippen molar-refractivity contribution in [1.29, 1.82) is 0 Å². The first-order valence-corrected chi connectivity index (χ1v) is 9.05. The van der Waals surface area contributed by atoms with Crippen LogP contribution in [-0.4, -0.2) is 53.2 Å². The molecule has 2 saturated heterocycles. The summed E-state index contributed by atoms with van der Waals surface area (Å²) in [4.78, 5) is 4.32. The first-order chi connectivity index (χ1) is 13.2. The van der Waals surface area contributed by atoms with Crippen molar-refractivity contribution in [2.75, 3.05) is 0 Å². The molecule has 2 N–H and O–H groups in total. The number of rotatable bonds is 4. The number of aromatic hydroxyl groups is 1. The van der Waals surface area contributed by atoms with Crippen molar-refractivity contribution in [1.82, 2.24) is 35.3 Å². The molecule has 1 aromatic carbocycles. The Morgan fingerprint density at radius 1 is 1.07 bits per heavy atom. The van der Waals surface area contributed by atoms with E-state index in [4.69, 9.17) is 4.74 Å². The summed E-state index contributed by atoms with van der Waals surface area (Å²) < 4.78 is 7.67. The molecule has 27 heavy (non-hydrogen) atoms. The molecule has 0 spiro atoms. The van der Waals surface area contributed by atoms with Gasteiger partial charge in [0.15, 0.2) is 5.82 Å². The molecular formula is C18H19N7O2. The second kappa shape index (κ2) is 6.58. The van der Waals surface area contributed by atoms with E-state index in [0.29, 0.717) is 29.4 Å². The van der Waals surface area contributed by atoms with Crippen LogP contribution in [0.25, 0.3) is 17.1 Å². The van der Waals surface area contributed by atoms with Crippen LogP contribution in [0.5, 0.6) is 11.6 Å². The third-order valence-corrected chi connectivity index (χ3v) is 5.20. The van der Waals surface area contributed by atoms with Crippen LogP contribution in [0.4, 0.5) is 0 Å². The Hall–Kier alpha value is -3.07. The van der Waals surface area contributed by atoms with Crippen molar-refractivity contribution >= 4 is 0 Å². The smallest absolute Gasteiger partial charge is 0.252 e. The number of nitrogens with one attached hydrogen (secondary N) is 1. The largest absolute Gasteiger partial charge is 0.507 e. The number of aromatic nitrogens is 6. The molecule has 2 aromatic heterocycles. The normalized spacial score (nSPS) is 24.1. The SMILES string of the molecule is Oc1cc(-n2cnnc2)ccc1-c1ncc(OC2CC3CCC(C2)N3)nn1. The minimum Gasteiger partial charge on any atom is -0.507 e. The third-order valence-electron chi connectivity index (χ3n) is 5.20. The molecule has 138 valence electrons. The molecule has 2 aliphatic heterocycles. The van der Waals surface area contributed by atoms with Crippen molar-refractivity contribution in [2.24, 2.45) is 0 Å². The van der Waals surface area contributed by atoms with Crippen molar-refractivity contribution in [3.8, 4) is 28.7 Å². The Kier molecular flexibility index (Phi) is 3.93. The number of hydrogen-bond donors (Lipinski definition) is 2. The summed E-state index contributed by atoms with van der Waals surface area (Å²) in [6.07, 6.45) is 9.27. The molecule has 9 heteroatoms. The molecule has 0 aliphatic carbocycles. The zero-order valence-corrected chi connectivity index (χ0v) is 14.6. The number of fused-ring (bicyclic) bond motifs is 2. The van der Waals surface area contributed by atoms with Crippen LogP contribution in [0, 0.1) is 0 Å². The van der Waals surface area contributed by atoms with Gasteiger partial charge in [-0.3, -0.25) is 4.57 Å². The average Bonchev–Trinajstić information content (AvgIpc) is 3.32. The maximum atomic E-state index is 10.3. The zero-order valence-electron chi connectivity index (χ0n) is 14.6. The number of nitrogens with zero attached hydrogens (tertiary/aromatic N) is 6. The van der Waals surface area contributed by atoms with Crippen molar-refractivity contribution < 1.29 is 9.84 Å². The summed E-state index contributed by atoms with van der Waals surface area (Å²) >= 11 is 0. The highest BCUT2D eigenvalue weighted by Crippen LogP contribution is 2.30. The molecule has 2 aliphatic rings. The fourth-order valence-electron chi connectivity index (χ4n) is 3.92. The van der Waals surface area contributed by atoms with E-state index in [1.54, 1.807) is 35.6 Å². The summed E-state index contributed by atoms with van der Waals surface area (Å²) in [5.41, 5.74) is 1.25. The number of ether oxygens (including phenoxy) is 1. The standard InChI is InChI=1S/C18H19N7O2/c26-16-7-13(25-9-20-21-10-25)3-4-15(16)18-19-8-17(23-24-18)27-14-5-11-1-2-12(6-14)22-11/h3-4,7-12,14,22,26H,1-2,5-6H2. The number of hydrogen-bond acceptors (Lipinski definition) is 8. The van der Waals surface area contributed by atoms with E-state index in [1.807, 2.05) is 6.07 Å². The highest BCUT2D eigenvalue weighted by Gasteiger charge is 2.34. The van der Waals surface area contributed by atoms with Gasteiger partial charge in [-0.1, -0.05) is 0 Å². The molecule has 2 fully saturated rings. The van der Waals surface area contributed by atoms with E-state index in [0.717, 1.165) is 18.5 Å². The highest BCUT2D eigenvalue weighted by atomic mass is 16.5. The molecule has 0 saturated carbocycles. The predicted molar refractivity (Wildman–Crippen MR) is 95.4 cm³/mol. The van der Waals surface area contributed by atoms with Gasteiger partial charge in [0, 0.05) is 18.2 Å². The molecule has 2 unspecified atom stereocenters. The van der Waals surface area contributed by atoms with Gasteiger partial charge >= 0.3 is 0 Å². The number of piperidine rings is 1. The molecule has 3 aromatic rings. The van der Waals surface area contributed by atoms with Gasteiger partial charge in [0.05, 0.1) is 17.4 Å². The zero-order chi connectivity index (χ0) is 18.2. The van der Waals surface area contributed by atoms with Crippen LogP contribution in [0.3, 0.4) is 0 Å².